The second kappa shape index (κ2) is 8.47. The van der Waals surface area contributed by atoms with Gasteiger partial charge in [0.1, 0.15) is 11.6 Å². The second-order valence-corrected chi connectivity index (χ2v) is 6.48. The first kappa shape index (κ1) is 17.2. The van der Waals surface area contributed by atoms with Crippen molar-refractivity contribution in [2.24, 2.45) is 0 Å². The van der Waals surface area contributed by atoms with Crippen molar-refractivity contribution in [1.82, 2.24) is 24.8 Å². The highest BCUT2D eigenvalue weighted by atomic mass is 15.1. The molecular weight excluding hydrogens is 334 g/mol. The first-order chi connectivity index (χ1) is 13.4. The smallest absolute Gasteiger partial charge is 0.127 e. The van der Waals surface area contributed by atoms with Crippen LogP contribution in [0.5, 0.6) is 0 Å². The first-order valence-corrected chi connectivity index (χ1v) is 9.22. The van der Waals surface area contributed by atoms with E-state index < -0.39 is 0 Å². The fourth-order valence-electron chi connectivity index (χ4n) is 3.27. The summed E-state index contributed by atoms with van der Waals surface area (Å²) in [5, 5.41) is 3.62. The van der Waals surface area contributed by atoms with E-state index >= 15 is 0 Å². The van der Waals surface area contributed by atoms with Crippen LogP contribution in [0.3, 0.4) is 0 Å². The lowest BCUT2D eigenvalue weighted by Crippen LogP contribution is -2.26. The second-order valence-electron chi connectivity index (χ2n) is 6.48. The van der Waals surface area contributed by atoms with Gasteiger partial charge in [0.15, 0.2) is 0 Å². The van der Waals surface area contributed by atoms with Crippen molar-refractivity contribution in [1.29, 1.82) is 0 Å². The number of benzene rings is 2. The van der Waals surface area contributed by atoms with Crippen LogP contribution >= 0.6 is 0 Å². The number of nitrogens with one attached hydrogen (secondary N) is 2. The lowest BCUT2D eigenvalue weighted by Gasteiger charge is -2.17. The van der Waals surface area contributed by atoms with Gasteiger partial charge in [0.05, 0.1) is 6.04 Å². The maximum Gasteiger partial charge on any atom is 0.127 e. The number of nitrogens with zero attached hydrogens (tertiary/aromatic N) is 3. The summed E-state index contributed by atoms with van der Waals surface area (Å²) in [5.41, 5.74) is 2.47. The maximum absolute atomic E-state index is 4.54. The van der Waals surface area contributed by atoms with Gasteiger partial charge >= 0.3 is 0 Å². The Kier molecular flexibility index (Phi) is 5.41. The Morgan fingerprint density at radius 1 is 0.926 bits per heavy atom. The van der Waals surface area contributed by atoms with Gasteiger partial charge in [0.2, 0.25) is 0 Å². The van der Waals surface area contributed by atoms with Gasteiger partial charge in [0, 0.05) is 44.3 Å². The SMILES string of the molecule is c1ccc(Cn2ccnc2CCN[C@H](c2ccccc2)c2ncc[nH]2)cc1. The number of aromatic amines is 1. The molecule has 0 aliphatic rings. The molecule has 2 aromatic heterocycles. The zero-order chi connectivity index (χ0) is 18.3. The number of rotatable bonds is 8. The largest absolute Gasteiger partial charge is 0.347 e. The average Bonchev–Trinajstić information content (AvgIpc) is 3.39. The van der Waals surface area contributed by atoms with E-state index in [2.05, 4.69) is 73.4 Å². The van der Waals surface area contributed by atoms with Crippen molar-refractivity contribution in [3.05, 3.63) is 108 Å². The van der Waals surface area contributed by atoms with E-state index in [0.717, 1.165) is 31.2 Å². The van der Waals surface area contributed by atoms with Gasteiger partial charge in [-0.05, 0) is 11.1 Å². The Labute approximate surface area is 159 Å². The van der Waals surface area contributed by atoms with Crippen molar-refractivity contribution >= 4 is 0 Å². The molecule has 0 aliphatic heterocycles. The van der Waals surface area contributed by atoms with Crippen molar-refractivity contribution in [2.45, 2.75) is 19.0 Å². The summed E-state index contributed by atoms with van der Waals surface area (Å²) in [6.45, 7) is 1.66. The van der Waals surface area contributed by atoms with Crippen LogP contribution in [0.1, 0.15) is 28.8 Å². The van der Waals surface area contributed by atoms with Crippen LogP contribution in [0.4, 0.5) is 0 Å². The molecular formula is C22H23N5. The Balaban J connectivity index is 1.42. The molecule has 0 amide bonds. The fraction of sp³-hybridized carbons (Fsp3) is 0.182. The molecule has 2 heterocycles. The monoisotopic (exact) mass is 357 g/mol. The molecule has 0 radical (unpaired) electrons. The van der Waals surface area contributed by atoms with Gasteiger partial charge in [0.25, 0.3) is 0 Å². The lowest BCUT2D eigenvalue weighted by molar-refractivity contribution is 0.567. The highest BCUT2D eigenvalue weighted by molar-refractivity contribution is 5.24. The van der Waals surface area contributed by atoms with E-state index in [1.54, 1.807) is 6.20 Å². The van der Waals surface area contributed by atoms with Crippen molar-refractivity contribution in [3.63, 3.8) is 0 Å². The van der Waals surface area contributed by atoms with E-state index in [0.29, 0.717) is 0 Å². The molecule has 0 aliphatic carbocycles. The lowest BCUT2D eigenvalue weighted by atomic mass is 10.1. The van der Waals surface area contributed by atoms with Crippen LogP contribution in [0.25, 0.3) is 0 Å². The molecule has 5 heteroatoms. The molecule has 136 valence electrons. The summed E-state index contributed by atoms with van der Waals surface area (Å²) in [6.07, 6.45) is 8.42. The molecule has 5 nitrogen and oxygen atoms in total. The number of aromatic nitrogens is 4. The predicted molar refractivity (Wildman–Crippen MR) is 106 cm³/mol. The van der Waals surface area contributed by atoms with Gasteiger partial charge in [-0.25, -0.2) is 9.97 Å². The standard InChI is InChI=1S/C22H23N5/c1-3-7-18(8-4-1)17-27-16-15-23-20(27)11-12-24-21(22-25-13-14-26-22)19-9-5-2-6-10-19/h1-10,13-16,21,24H,11-12,17H2,(H,25,26)/t21-/m1/s1. The number of imidazole rings is 2. The molecule has 4 aromatic rings. The van der Waals surface area contributed by atoms with Gasteiger partial charge < -0.3 is 14.9 Å². The molecule has 2 aromatic carbocycles. The van der Waals surface area contributed by atoms with Crippen molar-refractivity contribution in [3.8, 4) is 0 Å². The van der Waals surface area contributed by atoms with E-state index in [1.807, 2.05) is 30.7 Å². The number of hydrogen-bond donors (Lipinski definition) is 2. The molecule has 2 N–H and O–H groups in total. The summed E-state index contributed by atoms with van der Waals surface area (Å²) in [4.78, 5) is 12.2. The van der Waals surface area contributed by atoms with Gasteiger partial charge in [-0.15, -0.1) is 0 Å². The molecule has 4 rings (SSSR count). The molecule has 0 fully saturated rings. The highest BCUT2D eigenvalue weighted by Gasteiger charge is 2.15. The van der Waals surface area contributed by atoms with Crippen LogP contribution in [0.2, 0.25) is 0 Å². The zero-order valence-electron chi connectivity index (χ0n) is 15.1. The Hall–Kier alpha value is -3.18. The topological polar surface area (TPSA) is 58.5 Å². The van der Waals surface area contributed by atoms with Crippen LogP contribution < -0.4 is 5.32 Å². The highest BCUT2D eigenvalue weighted by Crippen LogP contribution is 2.18. The van der Waals surface area contributed by atoms with Crippen LogP contribution in [-0.2, 0) is 13.0 Å². The molecule has 0 unspecified atom stereocenters. The van der Waals surface area contributed by atoms with E-state index in [9.17, 15) is 0 Å². The van der Waals surface area contributed by atoms with Crippen molar-refractivity contribution < 1.29 is 0 Å². The molecule has 27 heavy (non-hydrogen) atoms. The Morgan fingerprint density at radius 3 is 2.44 bits per heavy atom. The predicted octanol–water partition coefficient (Wildman–Crippen LogP) is 3.58. The quantitative estimate of drug-likeness (QED) is 0.507. The normalized spacial score (nSPS) is 12.1. The fourth-order valence-corrected chi connectivity index (χ4v) is 3.27. The van der Waals surface area contributed by atoms with Crippen molar-refractivity contribution in [2.75, 3.05) is 6.54 Å². The van der Waals surface area contributed by atoms with Crippen LogP contribution in [0.15, 0.2) is 85.5 Å². The zero-order valence-corrected chi connectivity index (χ0v) is 15.1. The van der Waals surface area contributed by atoms with Crippen LogP contribution in [-0.4, -0.2) is 26.1 Å². The minimum Gasteiger partial charge on any atom is -0.347 e. The molecule has 1 atom stereocenters. The molecule has 0 spiro atoms. The third-order valence-corrected chi connectivity index (χ3v) is 4.62. The first-order valence-electron chi connectivity index (χ1n) is 9.22. The Morgan fingerprint density at radius 2 is 1.70 bits per heavy atom. The summed E-state index contributed by atoms with van der Waals surface area (Å²) in [6, 6.07) is 20.9. The third kappa shape index (κ3) is 4.33. The minimum absolute atomic E-state index is 0.0405. The van der Waals surface area contributed by atoms with Gasteiger partial charge in [-0.3, -0.25) is 0 Å². The van der Waals surface area contributed by atoms with E-state index in [1.165, 1.54) is 11.1 Å². The Bertz CT molecular complexity index is 929. The third-order valence-electron chi connectivity index (χ3n) is 4.62. The molecule has 0 bridgehead atoms. The van der Waals surface area contributed by atoms with Crippen LogP contribution in [0, 0.1) is 0 Å². The molecule has 0 saturated heterocycles. The minimum atomic E-state index is 0.0405. The molecule has 0 saturated carbocycles. The maximum atomic E-state index is 4.54. The van der Waals surface area contributed by atoms with Gasteiger partial charge in [-0.2, -0.15) is 0 Å². The summed E-state index contributed by atoms with van der Waals surface area (Å²) >= 11 is 0. The van der Waals surface area contributed by atoms with E-state index in [4.69, 9.17) is 0 Å². The summed E-state index contributed by atoms with van der Waals surface area (Å²) in [7, 11) is 0. The summed E-state index contributed by atoms with van der Waals surface area (Å²) in [5.74, 6) is 2.01. The number of H-pyrrole nitrogens is 1. The van der Waals surface area contributed by atoms with Gasteiger partial charge in [-0.1, -0.05) is 60.7 Å². The average molecular weight is 357 g/mol. The number of hydrogen-bond acceptors (Lipinski definition) is 3. The summed E-state index contributed by atoms with van der Waals surface area (Å²) < 4.78 is 2.21. The van der Waals surface area contributed by atoms with E-state index in [-0.39, 0.29) is 6.04 Å².